The fraction of sp³-hybridized carbons (Fsp3) is 0.714. The van der Waals surface area contributed by atoms with E-state index >= 15 is 0 Å². The van der Waals surface area contributed by atoms with Crippen LogP contribution in [0.3, 0.4) is 0 Å². The molecule has 1 aliphatic rings. The van der Waals surface area contributed by atoms with Gasteiger partial charge in [-0.1, -0.05) is 0 Å². The minimum Gasteiger partial charge on any atom is -0.360 e. The fourth-order valence-electron chi connectivity index (χ4n) is 1.37. The van der Waals surface area contributed by atoms with Crippen molar-refractivity contribution in [1.82, 2.24) is 14.7 Å². The van der Waals surface area contributed by atoms with E-state index in [1.807, 2.05) is 0 Å². The second kappa shape index (κ2) is 3.82. The van der Waals surface area contributed by atoms with Crippen LogP contribution in [0.15, 0.2) is 6.33 Å². The number of nitrogens with one attached hydrogen (secondary N) is 2. The Morgan fingerprint density at radius 2 is 2.75 bits per heavy atom. The van der Waals surface area contributed by atoms with Crippen LogP contribution >= 0.6 is 11.5 Å². The van der Waals surface area contributed by atoms with Gasteiger partial charge >= 0.3 is 0 Å². The summed E-state index contributed by atoms with van der Waals surface area (Å²) in [5, 5.41) is 7.53. The number of hydrogen-bond donors (Lipinski definition) is 2. The van der Waals surface area contributed by atoms with Gasteiger partial charge in [-0.15, -0.1) is 0 Å². The second-order valence-corrected chi connectivity index (χ2v) is 3.77. The molecule has 0 aromatic carbocycles. The van der Waals surface area contributed by atoms with Crippen molar-refractivity contribution < 1.29 is 0 Å². The molecule has 0 saturated carbocycles. The van der Waals surface area contributed by atoms with Gasteiger partial charge in [-0.05, 0) is 25.4 Å². The molecule has 0 aliphatic carbocycles. The first kappa shape index (κ1) is 7.94. The lowest BCUT2D eigenvalue weighted by molar-refractivity contribution is 0.615. The highest BCUT2D eigenvalue weighted by Crippen LogP contribution is 2.11. The van der Waals surface area contributed by atoms with Gasteiger partial charge in [-0.2, -0.15) is 4.37 Å². The van der Waals surface area contributed by atoms with Crippen LogP contribution in [-0.4, -0.2) is 29.0 Å². The Labute approximate surface area is 75.6 Å². The highest BCUT2D eigenvalue weighted by molar-refractivity contribution is 7.09. The Kier molecular flexibility index (Phi) is 2.53. The van der Waals surface area contributed by atoms with E-state index in [1.165, 1.54) is 18.0 Å². The zero-order valence-electron chi connectivity index (χ0n) is 6.79. The van der Waals surface area contributed by atoms with E-state index in [4.69, 9.17) is 0 Å². The van der Waals surface area contributed by atoms with Gasteiger partial charge in [0.15, 0.2) is 0 Å². The average molecular weight is 184 g/mol. The van der Waals surface area contributed by atoms with Crippen molar-refractivity contribution >= 4 is 16.7 Å². The predicted molar refractivity (Wildman–Crippen MR) is 49.4 cm³/mol. The fourth-order valence-corrected chi connectivity index (χ4v) is 1.81. The van der Waals surface area contributed by atoms with Crippen LogP contribution < -0.4 is 10.6 Å². The van der Waals surface area contributed by atoms with E-state index in [9.17, 15) is 0 Å². The maximum Gasteiger partial charge on any atom is 0.202 e. The van der Waals surface area contributed by atoms with Crippen LogP contribution in [0.5, 0.6) is 0 Å². The maximum atomic E-state index is 4.05. The molecule has 5 heteroatoms. The van der Waals surface area contributed by atoms with Crippen molar-refractivity contribution in [2.45, 2.75) is 6.42 Å². The second-order valence-electron chi connectivity index (χ2n) is 2.99. The number of aromatic nitrogens is 2. The summed E-state index contributed by atoms with van der Waals surface area (Å²) in [4.78, 5) is 4.05. The van der Waals surface area contributed by atoms with Gasteiger partial charge in [0.2, 0.25) is 5.13 Å². The molecule has 12 heavy (non-hydrogen) atoms. The van der Waals surface area contributed by atoms with Crippen LogP contribution in [0, 0.1) is 5.92 Å². The lowest BCUT2D eigenvalue weighted by Crippen LogP contribution is -2.16. The van der Waals surface area contributed by atoms with E-state index < -0.39 is 0 Å². The molecule has 1 aliphatic heterocycles. The standard InChI is InChI=1S/C7H12N4S/c1-2-8-3-6(1)4-9-7-10-5-11-12-7/h5-6,8H,1-4H2,(H,9,10,11). The molecular formula is C7H12N4S. The van der Waals surface area contributed by atoms with E-state index in [0.717, 1.165) is 30.7 Å². The zero-order chi connectivity index (χ0) is 8.23. The third-order valence-electron chi connectivity index (χ3n) is 2.07. The van der Waals surface area contributed by atoms with Gasteiger partial charge in [0.05, 0.1) is 0 Å². The Hall–Kier alpha value is -0.680. The number of hydrogen-bond acceptors (Lipinski definition) is 5. The third kappa shape index (κ3) is 1.92. The Bertz CT molecular complexity index is 217. The summed E-state index contributed by atoms with van der Waals surface area (Å²) >= 11 is 1.41. The quantitative estimate of drug-likeness (QED) is 0.720. The van der Waals surface area contributed by atoms with E-state index in [-0.39, 0.29) is 0 Å². The summed E-state index contributed by atoms with van der Waals surface area (Å²) in [5.74, 6) is 0.758. The Morgan fingerprint density at radius 3 is 3.42 bits per heavy atom. The lowest BCUT2D eigenvalue weighted by Gasteiger charge is -2.07. The molecule has 66 valence electrons. The SMILES string of the molecule is c1nsc(NCC2CCNC2)n1. The number of nitrogens with zero attached hydrogens (tertiary/aromatic N) is 2. The van der Waals surface area contributed by atoms with E-state index in [0.29, 0.717) is 0 Å². The topological polar surface area (TPSA) is 49.8 Å². The molecule has 2 N–H and O–H groups in total. The molecule has 0 spiro atoms. The minimum atomic E-state index is 0.758. The largest absolute Gasteiger partial charge is 0.360 e. The Balaban J connectivity index is 1.74. The molecule has 1 fully saturated rings. The molecule has 0 amide bonds. The summed E-state index contributed by atoms with van der Waals surface area (Å²) in [6.45, 7) is 3.30. The molecule has 0 radical (unpaired) electrons. The van der Waals surface area contributed by atoms with Gasteiger partial charge < -0.3 is 10.6 Å². The van der Waals surface area contributed by atoms with Crippen LogP contribution in [0.25, 0.3) is 0 Å². The van der Waals surface area contributed by atoms with Gasteiger partial charge in [-0.3, -0.25) is 0 Å². The van der Waals surface area contributed by atoms with Gasteiger partial charge in [0.1, 0.15) is 6.33 Å². The zero-order valence-corrected chi connectivity index (χ0v) is 7.60. The lowest BCUT2D eigenvalue weighted by atomic mass is 10.1. The summed E-state index contributed by atoms with van der Waals surface area (Å²) in [6, 6.07) is 0. The van der Waals surface area contributed by atoms with E-state index in [1.54, 1.807) is 6.33 Å². The first-order chi connectivity index (χ1) is 5.95. The number of rotatable bonds is 3. The van der Waals surface area contributed by atoms with Crippen molar-refractivity contribution in [3.05, 3.63) is 6.33 Å². The van der Waals surface area contributed by atoms with Gasteiger partial charge in [0, 0.05) is 18.1 Å². The average Bonchev–Trinajstić information content (AvgIpc) is 2.74. The van der Waals surface area contributed by atoms with Crippen LogP contribution in [0.4, 0.5) is 5.13 Å². The monoisotopic (exact) mass is 184 g/mol. The highest BCUT2D eigenvalue weighted by Gasteiger charge is 2.13. The van der Waals surface area contributed by atoms with Crippen molar-refractivity contribution in [2.75, 3.05) is 25.0 Å². The van der Waals surface area contributed by atoms with Crippen LogP contribution in [0.2, 0.25) is 0 Å². The van der Waals surface area contributed by atoms with Crippen molar-refractivity contribution in [3.8, 4) is 0 Å². The molecule has 2 rings (SSSR count). The summed E-state index contributed by atoms with van der Waals surface area (Å²) < 4.78 is 3.92. The summed E-state index contributed by atoms with van der Waals surface area (Å²) in [6.07, 6.45) is 2.85. The molecular weight excluding hydrogens is 172 g/mol. The van der Waals surface area contributed by atoms with Crippen molar-refractivity contribution in [2.24, 2.45) is 5.92 Å². The smallest absolute Gasteiger partial charge is 0.202 e. The summed E-state index contributed by atoms with van der Waals surface area (Å²) in [7, 11) is 0. The van der Waals surface area contributed by atoms with Gasteiger partial charge in [0.25, 0.3) is 0 Å². The first-order valence-electron chi connectivity index (χ1n) is 4.16. The molecule has 1 saturated heterocycles. The molecule has 1 atom stereocenters. The molecule has 4 nitrogen and oxygen atoms in total. The molecule has 1 aromatic heterocycles. The van der Waals surface area contributed by atoms with Crippen molar-refractivity contribution in [3.63, 3.8) is 0 Å². The van der Waals surface area contributed by atoms with E-state index in [2.05, 4.69) is 20.0 Å². The van der Waals surface area contributed by atoms with Crippen molar-refractivity contribution in [1.29, 1.82) is 0 Å². The van der Waals surface area contributed by atoms with Crippen LogP contribution in [0.1, 0.15) is 6.42 Å². The molecule has 1 unspecified atom stereocenters. The normalized spacial score (nSPS) is 22.8. The summed E-state index contributed by atoms with van der Waals surface area (Å²) in [5.41, 5.74) is 0. The molecule has 0 bridgehead atoms. The maximum absolute atomic E-state index is 4.05. The third-order valence-corrected chi connectivity index (χ3v) is 2.69. The predicted octanol–water partition coefficient (Wildman–Crippen LogP) is 0.559. The minimum absolute atomic E-state index is 0.758. The van der Waals surface area contributed by atoms with Gasteiger partial charge in [-0.25, -0.2) is 4.98 Å². The highest BCUT2D eigenvalue weighted by atomic mass is 32.1. The Morgan fingerprint density at radius 1 is 1.75 bits per heavy atom. The first-order valence-corrected chi connectivity index (χ1v) is 4.94. The molecule has 2 heterocycles. The molecule has 1 aromatic rings. The van der Waals surface area contributed by atoms with Crippen LogP contribution in [-0.2, 0) is 0 Å². The number of anilines is 1.